The molecule has 144 valence electrons. The van der Waals surface area contributed by atoms with Crippen molar-refractivity contribution >= 4 is 27.3 Å². The van der Waals surface area contributed by atoms with Crippen molar-refractivity contribution in [3.63, 3.8) is 0 Å². The summed E-state index contributed by atoms with van der Waals surface area (Å²) in [5.74, 6) is -1.18. The first-order chi connectivity index (χ1) is 13.3. The summed E-state index contributed by atoms with van der Waals surface area (Å²) < 4.78 is 41.9. The van der Waals surface area contributed by atoms with Gasteiger partial charge in [-0.3, -0.25) is 9.52 Å². The molecule has 0 aromatic heterocycles. The first-order valence-corrected chi connectivity index (χ1v) is 10.0. The van der Waals surface area contributed by atoms with Crippen LogP contribution in [0.15, 0.2) is 71.6 Å². The Hall–Kier alpha value is -3.19. The van der Waals surface area contributed by atoms with Gasteiger partial charge in [-0.2, -0.15) is 0 Å². The second kappa shape index (κ2) is 7.82. The monoisotopic (exact) mass is 398 g/mol. The summed E-state index contributed by atoms with van der Waals surface area (Å²) >= 11 is 0. The highest BCUT2D eigenvalue weighted by Crippen LogP contribution is 2.24. The summed E-state index contributed by atoms with van der Waals surface area (Å²) in [5, 5.41) is 2.44. The molecule has 0 saturated carbocycles. The molecule has 0 atom stereocenters. The molecular formula is C21H19FN2O3S. The number of carbonyl (C=O) groups excluding carboxylic acids is 1. The standard InChI is InChI=1S/C21H19FN2O3S/c1-14-7-5-8-15(2)20(14)24-28(26,27)17-10-6-9-16(13-17)21(25)23-19-12-4-3-11-18(19)22/h3-13,24H,1-2H3,(H,23,25). The maximum Gasteiger partial charge on any atom is 0.261 e. The van der Waals surface area contributed by atoms with Crippen molar-refractivity contribution in [1.82, 2.24) is 0 Å². The third-order valence-electron chi connectivity index (χ3n) is 4.25. The van der Waals surface area contributed by atoms with E-state index in [1.807, 2.05) is 32.0 Å². The minimum absolute atomic E-state index is 0.0226. The zero-order valence-corrected chi connectivity index (χ0v) is 16.2. The fraction of sp³-hybridized carbons (Fsp3) is 0.0952. The van der Waals surface area contributed by atoms with Gasteiger partial charge in [-0.25, -0.2) is 12.8 Å². The Morgan fingerprint density at radius 3 is 2.21 bits per heavy atom. The van der Waals surface area contributed by atoms with Crippen molar-refractivity contribution in [2.24, 2.45) is 0 Å². The Labute approximate surface area is 163 Å². The molecule has 0 unspecified atom stereocenters. The van der Waals surface area contributed by atoms with E-state index in [1.165, 1.54) is 42.5 Å². The number of hydrogen-bond acceptors (Lipinski definition) is 3. The lowest BCUT2D eigenvalue weighted by Gasteiger charge is -2.14. The largest absolute Gasteiger partial charge is 0.319 e. The molecule has 0 radical (unpaired) electrons. The molecular weight excluding hydrogens is 379 g/mol. The van der Waals surface area contributed by atoms with Crippen molar-refractivity contribution in [3.8, 4) is 0 Å². The van der Waals surface area contributed by atoms with E-state index in [1.54, 1.807) is 6.07 Å². The van der Waals surface area contributed by atoms with Crippen molar-refractivity contribution in [2.45, 2.75) is 18.7 Å². The quantitative estimate of drug-likeness (QED) is 0.665. The molecule has 3 aromatic carbocycles. The molecule has 1 amide bonds. The third kappa shape index (κ3) is 4.20. The van der Waals surface area contributed by atoms with Gasteiger partial charge in [0, 0.05) is 5.56 Å². The highest BCUT2D eigenvalue weighted by molar-refractivity contribution is 7.92. The molecule has 0 saturated heterocycles. The lowest BCUT2D eigenvalue weighted by atomic mass is 10.1. The number of nitrogens with one attached hydrogen (secondary N) is 2. The topological polar surface area (TPSA) is 75.3 Å². The molecule has 5 nitrogen and oxygen atoms in total. The lowest BCUT2D eigenvalue weighted by Crippen LogP contribution is -2.17. The van der Waals surface area contributed by atoms with Crippen LogP contribution in [0.1, 0.15) is 21.5 Å². The van der Waals surface area contributed by atoms with Gasteiger partial charge in [0.25, 0.3) is 15.9 Å². The Bertz CT molecular complexity index is 1120. The number of carbonyl (C=O) groups is 1. The van der Waals surface area contributed by atoms with Crippen molar-refractivity contribution < 1.29 is 17.6 Å². The van der Waals surface area contributed by atoms with Crippen molar-refractivity contribution in [1.29, 1.82) is 0 Å². The minimum Gasteiger partial charge on any atom is -0.319 e. The van der Waals surface area contributed by atoms with E-state index in [9.17, 15) is 17.6 Å². The molecule has 3 rings (SSSR count). The summed E-state index contributed by atoms with van der Waals surface area (Å²) in [5.41, 5.74) is 2.21. The fourth-order valence-corrected chi connectivity index (χ4v) is 3.98. The molecule has 28 heavy (non-hydrogen) atoms. The van der Waals surface area contributed by atoms with E-state index in [2.05, 4.69) is 10.0 Å². The van der Waals surface area contributed by atoms with Gasteiger partial charge in [0.1, 0.15) is 5.82 Å². The average molecular weight is 398 g/mol. The van der Waals surface area contributed by atoms with Crippen LogP contribution in [0, 0.1) is 19.7 Å². The predicted molar refractivity (Wildman–Crippen MR) is 108 cm³/mol. The van der Waals surface area contributed by atoms with Gasteiger partial charge >= 0.3 is 0 Å². The Morgan fingerprint density at radius 1 is 0.893 bits per heavy atom. The van der Waals surface area contributed by atoms with Gasteiger partial charge in [-0.15, -0.1) is 0 Å². The fourth-order valence-electron chi connectivity index (χ4n) is 2.73. The van der Waals surface area contributed by atoms with Crippen LogP contribution >= 0.6 is 0 Å². The molecule has 0 fully saturated rings. The van der Waals surface area contributed by atoms with E-state index < -0.39 is 21.7 Å². The number of anilines is 2. The Morgan fingerprint density at radius 2 is 1.54 bits per heavy atom. The minimum atomic E-state index is -3.90. The normalized spacial score (nSPS) is 11.1. The van der Waals surface area contributed by atoms with E-state index in [0.29, 0.717) is 5.69 Å². The maximum atomic E-state index is 13.7. The summed E-state index contributed by atoms with van der Waals surface area (Å²) in [6, 6.07) is 16.8. The van der Waals surface area contributed by atoms with Gasteiger partial charge in [-0.05, 0) is 55.3 Å². The summed E-state index contributed by atoms with van der Waals surface area (Å²) in [6.45, 7) is 3.62. The van der Waals surface area contributed by atoms with Crippen LogP contribution in [0.3, 0.4) is 0 Å². The van der Waals surface area contributed by atoms with Crippen LogP contribution in [0.2, 0.25) is 0 Å². The van der Waals surface area contributed by atoms with Crippen LogP contribution in [0.5, 0.6) is 0 Å². The molecule has 3 aromatic rings. The predicted octanol–water partition coefficient (Wildman–Crippen LogP) is 4.50. The molecule has 0 bridgehead atoms. The molecule has 2 N–H and O–H groups in total. The molecule has 0 aliphatic carbocycles. The van der Waals surface area contributed by atoms with E-state index in [0.717, 1.165) is 11.1 Å². The average Bonchev–Trinajstić information content (AvgIpc) is 2.67. The summed E-state index contributed by atoms with van der Waals surface area (Å²) in [6.07, 6.45) is 0. The number of rotatable bonds is 5. The number of aryl methyl sites for hydroxylation is 2. The number of halogens is 1. The van der Waals surface area contributed by atoms with Gasteiger partial charge in [-0.1, -0.05) is 36.4 Å². The zero-order chi connectivity index (χ0) is 20.3. The number of hydrogen-bond donors (Lipinski definition) is 2. The highest BCUT2D eigenvalue weighted by Gasteiger charge is 2.18. The number of sulfonamides is 1. The Kier molecular flexibility index (Phi) is 5.46. The van der Waals surface area contributed by atoms with Gasteiger partial charge < -0.3 is 5.32 Å². The second-order valence-corrected chi connectivity index (χ2v) is 8.02. The first kappa shape index (κ1) is 19.6. The van der Waals surface area contributed by atoms with E-state index in [-0.39, 0.29) is 16.1 Å². The van der Waals surface area contributed by atoms with Crippen LogP contribution in [0.4, 0.5) is 15.8 Å². The van der Waals surface area contributed by atoms with Gasteiger partial charge in [0.2, 0.25) is 0 Å². The lowest BCUT2D eigenvalue weighted by molar-refractivity contribution is 0.102. The second-order valence-electron chi connectivity index (χ2n) is 6.33. The van der Waals surface area contributed by atoms with Crippen molar-refractivity contribution in [2.75, 3.05) is 10.0 Å². The molecule has 0 aliphatic rings. The van der Waals surface area contributed by atoms with Crippen LogP contribution in [0.25, 0.3) is 0 Å². The number of benzene rings is 3. The summed E-state index contributed by atoms with van der Waals surface area (Å²) in [4.78, 5) is 12.4. The molecule has 0 spiro atoms. The highest BCUT2D eigenvalue weighted by atomic mass is 32.2. The van der Waals surface area contributed by atoms with Crippen LogP contribution in [-0.2, 0) is 10.0 Å². The third-order valence-corrected chi connectivity index (χ3v) is 5.59. The molecule has 0 heterocycles. The molecule has 0 aliphatic heterocycles. The van der Waals surface area contributed by atoms with Gasteiger partial charge in [0.05, 0.1) is 16.3 Å². The van der Waals surface area contributed by atoms with Crippen LogP contribution in [-0.4, -0.2) is 14.3 Å². The van der Waals surface area contributed by atoms with E-state index >= 15 is 0 Å². The maximum absolute atomic E-state index is 13.7. The molecule has 7 heteroatoms. The first-order valence-electron chi connectivity index (χ1n) is 8.53. The van der Waals surface area contributed by atoms with E-state index in [4.69, 9.17) is 0 Å². The zero-order valence-electron chi connectivity index (χ0n) is 15.4. The smallest absolute Gasteiger partial charge is 0.261 e. The SMILES string of the molecule is Cc1cccc(C)c1NS(=O)(=O)c1cccc(C(=O)Nc2ccccc2F)c1. The Balaban J connectivity index is 1.88. The number of amides is 1. The summed E-state index contributed by atoms with van der Waals surface area (Å²) in [7, 11) is -3.90. The van der Waals surface area contributed by atoms with Gasteiger partial charge in [0.15, 0.2) is 0 Å². The van der Waals surface area contributed by atoms with Crippen molar-refractivity contribution in [3.05, 3.63) is 89.2 Å². The van der Waals surface area contributed by atoms with Crippen LogP contribution < -0.4 is 10.0 Å². The number of para-hydroxylation sites is 2.